The van der Waals surface area contributed by atoms with Gasteiger partial charge in [0.2, 0.25) is 0 Å². The monoisotopic (exact) mass is 256 g/mol. The van der Waals surface area contributed by atoms with E-state index < -0.39 is 8.07 Å². The van der Waals surface area contributed by atoms with Gasteiger partial charge in [-0.05, 0) is 0 Å². The van der Waals surface area contributed by atoms with Crippen LogP contribution in [0.5, 0.6) is 0 Å². The zero-order valence-corrected chi connectivity index (χ0v) is 12.9. The van der Waals surface area contributed by atoms with Crippen LogP contribution in [0.25, 0.3) is 6.08 Å². The van der Waals surface area contributed by atoms with E-state index in [0.717, 1.165) is 0 Å². The van der Waals surface area contributed by atoms with Gasteiger partial charge in [0.05, 0.1) is 8.07 Å². The van der Waals surface area contributed by atoms with Gasteiger partial charge in [-0.2, -0.15) is 5.56 Å². The Morgan fingerprint density at radius 2 is 1.53 bits per heavy atom. The molecule has 2 heteroatoms. The molecule has 3 rings (SSSR count). The number of fused-ring (bicyclic) bond motifs is 1. The van der Waals surface area contributed by atoms with Gasteiger partial charge in [-0.1, -0.05) is 72.4 Å². The predicted molar refractivity (Wildman–Crippen MR) is 80.4 cm³/mol. The SMILES string of the molecule is C[Si](C)(c1ccccc1)C1[C-]=Cc2ccccc21.[Li+]. The average molecular weight is 256 g/mol. The molecular weight excluding hydrogens is 239 g/mol. The normalized spacial score (nSPS) is 16.8. The van der Waals surface area contributed by atoms with Gasteiger partial charge in [0.25, 0.3) is 0 Å². The number of rotatable bonds is 2. The van der Waals surface area contributed by atoms with E-state index in [0.29, 0.717) is 5.54 Å². The molecule has 0 heterocycles. The molecule has 19 heavy (non-hydrogen) atoms. The van der Waals surface area contributed by atoms with Crippen molar-refractivity contribution in [3.8, 4) is 0 Å². The van der Waals surface area contributed by atoms with E-state index in [2.05, 4.69) is 79.8 Å². The molecule has 0 saturated carbocycles. The minimum Gasteiger partial charge on any atom is -0.271 e. The first-order valence-corrected chi connectivity index (χ1v) is 9.51. The first-order chi connectivity index (χ1) is 8.69. The molecule has 1 aliphatic rings. The van der Waals surface area contributed by atoms with Crippen molar-refractivity contribution in [1.82, 2.24) is 0 Å². The second-order valence-corrected chi connectivity index (χ2v) is 10.1. The molecule has 1 atom stereocenters. The molecule has 0 nitrogen and oxygen atoms in total. The van der Waals surface area contributed by atoms with E-state index in [9.17, 15) is 0 Å². The summed E-state index contributed by atoms with van der Waals surface area (Å²) in [5.74, 6) is 0. The summed E-state index contributed by atoms with van der Waals surface area (Å²) in [6.45, 7) is 4.88. The molecule has 1 aliphatic carbocycles. The molecule has 0 radical (unpaired) electrons. The van der Waals surface area contributed by atoms with Crippen LogP contribution in [0.4, 0.5) is 0 Å². The predicted octanol–water partition coefficient (Wildman–Crippen LogP) is 0.759. The Kier molecular flexibility index (Phi) is 4.21. The molecule has 0 amide bonds. The molecule has 0 saturated heterocycles. The van der Waals surface area contributed by atoms with Crippen LogP contribution in [0.1, 0.15) is 16.7 Å². The van der Waals surface area contributed by atoms with Crippen LogP contribution >= 0.6 is 0 Å². The fraction of sp³-hybridized carbons (Fsp3) is 0.176. The van der Waals surface area contributed by atoms with Crippen LogP contribution in [-0.4, -0.2) is 8.07 Å². The third kappa shape index (κ3) is 2.51. The summed E-state index contributed by atoms with van der Waals surface area (Å²) in [5, 5.41) is 1.51. The van der Waals surface area contributed by atoms with Crippen molar-refractivity contribution in [3.05, 3.63) is 71.8 Å². The van der Waals surface area contributed by atoms with Crippen molar-refractivity contribution in [2.45, 2.75) is 18.6 Å². The Hall–Kier alpha value is -1.01. The smallest absolute Gasteiger partial charge is 0.271 e. The summed E-state index contributed by atoms with van der Waals surface area (Å²) in [5.41, 5.74) is 3.29. The molecule has 2 aromatic rings. The van der Waals surface area contributed by atoms with E-state index in [-0.39, 0.29) is 18.9 Å². The van der Waals surface area contributed by atoms with Crippen molar-refractivity contribution >= 4 is 19.3 Å². The standard InChI is InChI=1S/C17H17Si.Li/c1-18(2,15-9-4-3-5-10-15)17-13-12-14-8-6-7-11-16(14)17;/h3-12,17H,1-2H3;/q-1;+1. The van der Waals surface area contributed by atoms with Crippen molar-refractivity contribution in [2.24, 2.45) is 0 Å². The summed E-state index contributed by atoms with van der Waals surface area (Å²) >= 11 is 0. The maximum absolute atomic E-state index is 3.60. The van der Waals surface area contributed by atoms with E-state index >= 15 is 0 Å². The summed E-state index contributed by atoms with van der Waals surface area (Å²) in [6.07, 6.45) is 5.76. The Balaban J connectivity index is 0.00000133. The fourth-order valence-corrected chi connectivity index (χ4v) is 5.72. The first-order valence-electron chi connectivity index (χ1n) is 6.43. The fourth-order valence-electron chi connectivity index (χ4n) is 2.80. The second kappa shape index (κ2) is 5.55. The summed E-state index contributed by atoms with van der Waals surface area (Å²) in [6, 6.07) is 19.6. The number of hydrogen-bond acceptors (Lipinski definition) is 0. The molecule has 1 unspecified atom stereocenters. The molecule has 0 bridgehead atoms. The topological polar surface area (TPSA) is 0 Å². The van der Waals surface area contributed by atoms with E-state index in [1.165, 1.54) is 16.3 Å². The van der Waals surface area contributed by atoms with Crippen molar-refractivity contribution in [2.75, 3.05) is 0 Å². The van der Waals surface area contributed by atoms with Gasteiger partial charge in [-0.15, -0.1) is 11.6 Å². The summed E-state index contributed by atoms with van der Waals surface area (Å²) < 4.78 is 0. The maximum atomic E-state index is 3.60. The molecule has 0 aliphatic heterocycles. The number of allylic oxidation sites excluding steroid dienone is 1. The van der Waals surface area contributed by atoms with E-state index in [1.807, 2.05) is 0 Å². The number of benzene rings is 2. The largest absolute Gasteiger partial charge is 1.00 e. The van der Waals surface area contributed by atoms with Gasteiger partial charge in [-0.25, -0.2) is 6.08 Å². The van der Waals surface area contributed by atoms with Crippen LogP contribution in [0, 0.1) is 6.08 Å². The quantitative estimate of drug-likeness (QED) is 0.550. The molecule has 2 aromatic carbocycles. The van der Waals surface area contributed by atoms with Crippen molar-refractivity contribution < 1.29 is 18.9 Å². The average Bonchev–Trinajstić information content (AvgIpc) is 2.84. The van der Waals surface area contributed by atoms with Crippen molar-refractivity contribution in [1.29, 1.82) is 0 Å². The molecule has 0 N–H and O–H groups in total. The van der Waals surface area contributed by atoms with Gasteiger partial charge in [0.15, 0.2) is 0 Å². The summed E-state index contributed by atoms with van der Waals surface area (Å²) in [4.78, 5) is 0. The second-order valence-electron chi connectivity index (χ2n) is 5.46. The first kappa shape index (κ1) is 14.4. The van der Waals surface area contributed by atoms with Crippen LogP contribution in [0.2, 0.25) is 13.1 Å². The Bertz CT molecular complexity index is 587. The van der Waals surface area contributed by atoms with Gasteiger partial charge in [0.1, 0.15) is 0 Å². The zero-order valence-electron chi connectivity index (χ0n) is 11.9. The Labute approximate surface area is 128 Å². The van der Waals surface area contributed by atoms with Gasteiger partial charge >= 0.3 is 18.9 Å². The minimum atomic E-state index is -1.54. The van der Waals surface area contributed by atoms with Gasteiger partial charge < -0.3 is 0 Å². The van der Waals surface area contributed by atoms with Crippen LogP contribution in [0.15, 0.2) is 54.6 Å². The van der Waals surface area contributed by atoms with Crippen LogP contribution < -0.4 is 24.0 Å². The van der Waals surface area contributed by atoms with Crippen molar-refractivity contribution in [3.63, 3.8) is 0 Å². The van der Waals surface area contributed by atoms with E-state index in [1.54, 1.807) is 0 Å². The van der Waals surface area contributed by atoms with Crippen LogP contribution in [0.3, 0.4) is 0 Å². The summed E-state index contributed by atoms with van der Waals surface area (Å²) in [7, 11) is -1.54. The van der Waals surface area contributed by atoms with Crippen LogP contribution in [-0.2, 0) is 0 Å². The Morgan fingerprint density at radius 3 is 2.26 bits per heavy atom. The maximum Gasteiger partial charge on any atom is 1.00 e. The minimum absolute atomic E-state index is 0. The van der Waals surface area contributed by atoms with E-state index in [4.69, 9.17) is 0 Å². The van der Waals surface area contributed by atoms with Gasteiger partial charge in [-0.3, -0.25) is 6.08 Å². The molecular formula is C17H17LiSi. The zero-order chi connectivity index (χ0) is 12.6. The molecule has 0 fully saturated rings. The Morgan fingerprint density at radius 1 is 0.895 bits per heavy atom. The molecule has 90 valence electrons. The third-order valence-corrected chi connectivity index (χ3v) is 7.69. The van der Waals surface area contributed by atoms with Gasteiger partial charge in [0, 0.05) is 0 Å². The molecule has 0 spiro atoms. The third-order valence-electron chi connectivity index (χ3n) is 3.95. The number of hydrogen-bond donors (Lipinski definition) is 0. The molecule has 0 aromatic heterocycles.